The van der Waals surface area contributed by atoms with Gasteiger partial charge in [-0.2, -0.15) is 0 Å². The van der Waals surface area contributed by atoms with Crippen molar-refractivity contribution in [2.75, 3.05) is 46.8 Å². The summed E-state index contributed by atoms with van der Waals surface area (Å²) in [5.41, 5.74) is 0.480. The molecule has 2 amide bonds. The Morgan fingerprint density at radius 1 is 1.05 bits per heavy atom. The van der Waals surface area contributed by atoms with Crippen LogP contribution in [-0.2, 0) is 4.79 Å². The maximum Gasteiger partial charge on any atom is 0.253 e. The fraction of sp³-hybridized carbons (Fsp3) is 0.500. The summed E-state index contributed by atoms with van der Waals surface area (Å²) in [5.74, 6) is -0.337. The van der Waals surface area contributed by atoms with Gasteiger partial charge in [0, 0.05) is 44.7 Å². The van der Waals surface area contributed by atoms with Crippen molar-refractivity contribution in [3.63, 3.8) is 0 Å². The van der Waals surface area contributed by atoms with Crippen LogP contribution in [0.25, 0.3) is 0 Å². The molecule has 1 aromatic carbocycles. The van der Waals surface area contributed by atoms with Crippen LogP contribution in [0, 0.1) is 5.82 Å². The summed E-state index contributed by atoms with van der Waals surface area (Å²) in [6.45, 7) is 2.87. The molecule has 0 unspecified atom stereocenters. The van der Waals surface area contributed by atoms with E-state index in [2.05, 4.69) is 0 Å². The van der Waals surface area contributed by atoms with Gasteiger partial charge < -0.3 is 14.7 Å². The average Bonchev–Trinajstić information content (AvgIpc) is 2.53. The molecule has 1 heterocycles. The maximum absolute atomic E-state index is 12.9. The molecule has 0 aromatic heterocycles. The van der Waals surface area contributed by atoms with Gasteiger partial charge in [0.15, 0.2) is 0 Å². The van der Waals surface area contributed by atoms with E-state index >= 15 is 0 Å². The van der Waals surface area contributed by atoms with Crippen molar-refractivity contribution in [1.29, 1.82) is 0 Å². The van der Waals surface area contributed by atoms with Crippen LogP contribution >= 0.6 is 0 Å². The van der Waals surface area contributed by atoms with Gasteiger partial charge in [-0.3, -0.25) is 9.59 Å². The van der Waals surface area contributed by atoms with Crippen LogP contribution in [0.15, 0.2) is 24.3 Å². The first kappa shape index (κ1) is 16.4. The third kappa shape index (κ3) is 4.27. The fourth-order valence-electron chi connectivity index (χ4n) is 2.41. The lowest BCUT2D eigenvalue weighted by Crippen LogP contribution is -2.50. The second-order valence-electron chi connectivity index (χ2n) is 5.73. The molecule has 1 fully saturated rings. The molecule has 5 nitrogen and oxygen atoms in total. The van der Waals surface area contributed by atoms with E-state index in [1.54, 1.807) is 9.80 Å². The molecule has 2 rings (SSSR count). The van der Waals surface area contributed by atoms with E-state index in [9.17, 15) is 14.0 Å². The largest absolute Gasteiger partial charge is 0.339 e. The van der Waals surface area contributed by atoms with Gasteiger partial charge in [0.05, 0.1) is 0 Å². The minimum absolute atomic E-state index is 0.111. The number of carbonyl (C=O) groups is 2. The van der Waals surface area contributed by atoms with Gasteiger partial charge in [0.25, 0.3) is 5.91 Å². The highest BCUT2D eigenvalue weighted by molar-refractivity contribution is 5.94. The number of benzene rings is 1. The first-order valence-electron chi connectivity index (χ1n) is 7.44. The Morgan fingerprint density at radius 2 is 1.59 bits per heavy atom. The van der Waals surface area contributed by atoms with Crippen molar-refractivity contribution in [2.24, 2.45) is 0 Å². The monoisotopic (exact) mass is 307 g/mol. The summed E-state index contributed by atoms with van der Waals surface area (Å²) in [7, 11) is 3.87. The van der Waals surface area contributed by atoms with E-state index in [0.29, 0.717) is 38.2 Å². The standard InChI is InChI=1S/C16H22FN3O2/c1-18(2)8-7-15(21)19-9-11-20(12-10-19)16(22)13-3-5-14(17)6-4-13/h3-6H,7-12H2,1-2H3. The molecule has 0 aliphatic carbocycles. The smallest absolute Gasteiger partial charge is 0.253 e. The van der Waals surface area contributed by atoms with Crippen LogP contribution in [-0.4, -0.2) is 73.3 Å². The van der Waals surface area contributed by atoms with Crippen molar-refractivity contribution in [2.45, 2.75) is 6.42 Å². The summed E-state index contributed by atoms with van der Waals surface area (Å²) in [4.78, 5) is 29.8. The molecule has 1 aliphatic rings. The molecule has 0 atom stereocenters. The number of rotatable bonds is 4. The Kier molecular flexibility index (Phi) is 5.49. The van der Waals surface area contributed by atoms with Crippen LogP contribution < -0.4 is 0 Å². The van der Waals surface area contributed by atoms with Crippen LogP contribution in [0.1, 0.15) is 16.8 Å². The van der Waals surface area contributed by atoms with Gasteiger partial charge in [-0.05, 0) is 38.4 Å². The van der Waals surface area contributed by atoms with Crippen LogP contribution in [0.5, 0.6) is 0 Å². The van der Waals surface area contributed by atoms with Crippen LogP contribution in [0.4, 0.5) is 4.39 Å². The number of halogens is 1. The molecular weight excluding hydrogens is 285 g/mol. The van der Waals surface area contributed by atoms with E-state index in [0.717, 1.165) is 6.54 Å². The number of carbonyl (C=O) groups excluding carboxylic acids is 2. The lowest BCUT2D eigenvalue weighted by Gasteiger charge is -2.35. The van der Waals surface area contributed by atoms with Crippen molar-refractivity contribution >= 4 is 11.8 Å². The second kappa shape index (κ2) is 7.35. The predicted octanol–water partition coefficient (Wildman–Crippen LogP) is 1.06. The third-order valence-corrected chi connectivity index (χ3v) is 3.78. The molecule has 22 heavy (non-hydrogen) atoms. The minimum atomic E-state index is -0.354. The molecule has 1 saturated heterocycles. The highest BCUT2D eigenvalue weighted by Gasteiger charge is 2.24. The van der Waals surface area contributed by atoms with Crippen molar-refractivity contribution < 1.29 is 14.0 Å². The number of piperazine rings is 1. The zero-order chi connectivity index (χ0) is 16.1. The summed E-state index contributed by atoms with van der Waals surface area (Å²) < 4.78 is 12.9. The van der Waals surface area contributed by atoms with Gasteiger partial charge in [-0.25, -0.2) is 4.39 Å². The van der Waals surface area contributed by atoms with E-state index in [-0.39, 0.29) is 17.6 Å². The third-order valence-electron chi connectivity index (χ3n) is 3.78. The number of hydrogen-bond donors (Lipinski definition) is 0. The number of hydrogen-bond acceptors (Lipinski definition) is 3. The Labute approximate surface area is 130 Å². The normalized spacial score (nSPS) is 15.3. The summed E-state index contributed by atoms with van der Waals surface area (Å²) in [5, 5.41) is 0. The van der Waals surface area contributed by atoms with Crippen LogP contribution in [0.2, 0.25) is 0 Å². The van der Waals surface area contributed by atoms with E-state index < -0.39 is 0 Å². The molecule has 120 valence electrons. The first-order chi connectivity index (χ1) is 10.5. The predicted molar refractivity (Wildman–Crippen MR) is 82.1 cm³/mol. The van der Waals surface area contributed by atoms with Crippen molar-refractivity contribution in [3.8, 4) is 0 Å². The van der Waals surface area contributed by atoms with Crippen molar-refractivity contribution in [1.82, 2.24) is 14.7 Å². The Hall–Kier alpha value is -1.95. The molecular formula is C16H22FN3O2. The summed E-state index contributed by atoms with van der Waals surface area (Å²) >= 11 is 0. The lowest BCUT2D eigenvalue weighted by atomic mass is 10.1. The minimum Gasteiger partial charge on any atom is -0.339 e. The summed E-state index contributed by atoms with van der Waals surface area (Å²) in [6.07, 6.45) is 0.499. The highest BCUT2D eigenvalue weighted by Crippen LogP contribution is 2.10. The Bertz CT molecular complexity index is 523. The highest BCUT2D eigenvalue weighted by atomic mass is 19.1. The molecule has 0 spiro atoms. The van der Waals surface area contributed by atoms with Crippen LogP contribution in [0.3, 0.4) is 0 Å². The molecule has 1 aromatic rings. The quantitative estimate of drug-likeness (QED) is 0.835. The van der Waals surface area contributed by atoms with Gasteiger partial charge in [-0.1, -0.05) is 0 Å². The average molecular weight is 307 g/mol. The van der Waals surface area contributed by atoms with E-state index in [1.165, 1.54) is 24.3 Å². The van der Waals surface area contributed by atoms with Gasteiger partial charge in [0.1, 0.15) is 5.82 Å². The maximum atomic E-state index is 12.9. The molecule has 0 radical (unpaired) electrons. The van der Waals surface area contributed by atoms with Gasteiger partial charge in [-0.15, -0.1) is 0 Å². The molecule has 0 bridgehead atoms. The second-order valence-corrected chi connectivity index (χ2v) is 5.73. The molecule has 6 heteroatoms. The summed E-state index contributed by atoms with van der Waals surface area (Å²) in [6, 6.07) is 5.56. The molecule has 0 saturated carbocycles. The Balaban J connectivity index is 1.85. The topological polar surface area (TPSA) is 43.9 Å². The van der Waals surface area contributed by atoms with Gasteiger partial charge in [0.2, 0.25) is 5.91 Å². The zero-order valence-electron chi connectivity index (χ0n) is 13.1. The lowest BCUT2D eigenvalue weighted by molar-refractivity contribution is -0.132. The zero-order valence-corrected chi connectivity index (χ0v) is 13.1. The van der Waals surface area contributed by atoms with Crippen molar-refractivity contribution in [3.05, 3.63) is 35.6 Å². The fourth-order valence-corrected chi connectivity index (χ4v) is 2.41. The van der Waals surface area contributed by atoms with Gasteiger partial charge >= 0.3 is 0 Å². The number of nitrogens with zero attached hydrogens (tertiary/aromatic N) is 3. The molecule has 0 N–H and O–H groups in total. The van der Waals surface area contributed by atoms with E-state index in [1.807, 2.05) is 19.0 Å². The SMILES string of the molecule is CN(C)CCC(=O)N1CCN(C(=O)c2ccc(F)cc2)CC1. The number of amides is 2. The van der Waals surface area contributed by atoms with E-state index in [4.69, 9.17) is 0 Å². The molecule has 1 aliphatic heterocycles. The first-order valence-corrected chi connectivity index (χ1v) is 7.44. The Morgan fingerprint density at radius 3 is 2.14 bits per heavy atom.